The Hall–Kier alpha value is -0.860. The third kappa shape index (κ3) is 3.80. The highest BCUT2D eigenvalue weighted by Gasteiger charge is 2.25. The van der Waals surface area contributed by atoms with Crippen molar-refractivity contribution in [1.29, 1.82) is 0 Å². The van der Waals surface area contributed by atoms with Crippen LogP contribution in [0.4, 0.5) is 0 Å². The van der Waals surface area contributed by atoms with Crippen molar-refractivity contribution >= 4 is 0 Å². The maximum absolute atomic E-state index is 5.80. The molecule has 1 aromatic carbocycles. The first-order valence-electron chi connectivity index (χ1n) is 7.62. The lowest BCUT2D eigenvalue weighted by Gasteiger charge is -2.32. The molecule has 0 heterocycles. The summed E-state index contributed by atoms with van der Waals surface area (Å²) in [6.45, 7) is 6.72. The van der Waals surface area contributed by atoms with Crippen LogP contribution in [0.5, 0.6) is 0 Å². The van der Waals surface area contributed by atoms with E-state index < -0.39 is 0 Å². The van der Waals surface area contributed by atoms with E-state index >= 15 is 0 Å². The molecule has 19 heavy (non-hydrogen) atoms. The molecule has 1 saturated carbocycles. The fourth-order valence-corrected chi connectivity index (χ4v) is 3.23. The van der Waals surface area contributed by atoms with Gasteiger partial charge in [-0.1, -0.05) is 38.0 Å². The average molecular weight is 260 g/mol. The standard InChI is InChI=1S/C17H28N2/c1-12-4-8-16(9-5-12)17(19-18)11-15-7-6-13(2)14(3)10-15/h6-7,10,12,16-17,19H,4-5,8-9,11,18H2,1-3H3. The average Bonchev–Trinajstić information content (AvgIpc) is 2.41. The van der Waals surface area contributed by atoms with Crippen molar-refractivity contribution in [2.45, 2.75) is 58.9 Å². The van der Waals surface area contributed by atoms with Gasteiger partial charge in [-0.05, 0) is 61.6 Å². The molecule has 1 aliphatic carbocycles. The van der Waals surface area contributed by atoms with Crippen molar-refractivity contribution < 1.29 is 0 Å². The van der Waals surface area contributed by atoms with Crippen molar-refractivity contribution in [1.82, 2.24) is 5.43 Å². The molecule has 0 aliphatic heterocycles. The lowest BCUT2D eigenvalue weighted by Crippen LogP contribution is -2.43. The monoisotopic (exact) mass is 260 g/mol. The second-order valence-corrected chi connectivity index (χ2v) is 6.42. The molecule has 3 N–H and O–H groups in total. The smallest absolute Gasteiger partial charge is 0.0279 e. The lowest BCUT2D eigenvalue weighted by atomic mass is 9.78. The van der Waals surface area contributed by atoms with Crippen LogP contribution in [0.2, 0.25) is 0 Å². The Morgan fingerprint density at radius 1 is 1.16 bits per heavy atom. The zero-order chi connectivity index (χ0) is 13.8. The molecular formula is C17H28N2. The Labute approximate surface area is 117 Å². The summed E-state index contributed by atoms with van der Waals surface area (Å²) < 4.78 is 0. The van der Waals surface area contributed by atoms with E-state index in [9.17, 15) is 0 Å². The maximum atomic E-state index is 5.80. The molecule has 2 rings (SSSR count). The van der Waals surface area contributed by atoms with Crippen LogP contribution in [0, 0.1) is 25.7 Å². The second-order valence-electron chi connectivity index (χ2n) is 6.42. The summed E-state index contributed by atoms with van der Waals surface area (Å²) in [5, 5.41) is 0. The van der Waals surface area contributed by atoms with E-state index in [1.165, 1.54) is 42.4 Å². The van der Waals surface area contributed by atoms with Crippen LogP contribution >= 0.6 is 0 Å². The molecule has 1 aromatic rings. The predicted molar refractivity (Wildman–Crippen MR) is 81.9 cm³/mol. The van der Waals surface area contributed by atoms with Gasteiger partial charge in [0.15, 0.2) is 0 Å². The predicted octanol–water partition coefficient (Wildman–Crippen LogP) is 3.50. The van der Waals surface area contributed by atoms with Crippen LogP contribution in [0.25, 0.3) is 0 Å². The Kier molecular flexibility index (Phi) is 5.00. The maximum Gasteiger partial charge on any atom is 0.0279 e. The molecule has 1 atom stereocenters. The van der Waals surface area contributed by atoms with Crippen LogP contribution in [-0.2, 0) is 6.42 Å². The first kappa shape index (κ1) is 14.5. The molecule has 1 unspecified atom stereocenters. The Morgan fingerprint density at radius 3 is 2.42 bits per heavy atom. The summed E-state index contributed by atoms with van der Waals surface area (Å²) in [5.74, 6) is 7.44. The molecule has 0 saturated heterocycles. The molecular weight excluding hydrogens is 232 g/mol. The molecule has 0 bridgehead atoms. The highest BCUT2D eigenvalue weighted by atomic mass is 15.2. The highest BCUT2D eigenvalue weighted by molar-refractivity contribution is 5.30. The van der Waals surface area contributed by atoms with Crippen LogP contribution in [0.15, 0.2) is 18.2 Å². The topological polar surface area (TPSA) is 38.0 Å². The van der Waals surface area contributed by atoms with Crippen molar-refractivity contribution in [3.8, 4) is 0 Å². The Morgan fingerprint density at radius 2 is 1.84 bits per heavy atom. The van der Waals surface area contributed by atoms with Gasteiger partial charge in [-0.15, -0.1) is 0 Å². The van der Waals surface area contributed by atoms with Gasteiger partial charge >= 0.3 is 0 Å². The molecule has 0 amide bonds. The SMILES string of the molecule is Cc1ccc(CC(NN)C2CCC(C)CC2)cc1C. The van der Waals surface area contributed by atoms with Gasteiger partial charge in [0.25, 0.3) is 0 Å². The normalized spacial score (nSPS) is 25.3. The van der Waals surface area contributed by atoms with E-state index in [0.717, 1.165) is 18.3 Å². The summed E-state index contributed by atoms with van der Waals surface area (Å²) in [6, 6.07) is 7.21. The van der Waals surface area contributed by atoms with Crippen LogP contribution < -0.4 is 11.3 Å². The molecule has 0 spiro atoms. The number of nitrogens with one attached hydrogen (secondary N) is 1. The van der Waals surface area contributed by atoms with Gasteiger partial charge < -0.3 is 0 Å². The van der Waals surface area contributed by atoms with Crippen LogP contribution in [-0.4, -0.2) is 6.04 Å². The van der Waals surface area contributed by atoms with Crippen molar-refractivity contribution in [2.75, 3.05) is 0 Å². The minimum absolute atomic E-state index is 0.426. The number of hydrogen-bond donors (Lipinski definition) is 2. The minimum atomic E-state index is 0.426. The fourth-order valence-electron chi connectivity index (χ4n) is 3.23. The number of hydrazine groups is 1. The quantitative estimate of drug-likeness (QED) is 0.642. The molecule has 1 fully saturated rings. The first-order chi connectivity index (χ1) is 9.10. The van der Waals surface area contributed by atoms with E-state index in [1.807, 2.05) is 0 Å². The summed E-state index contributed by atoms with van der Waals surface area (Å²) in [5.41, 5.74) is 7.22. The zero-order valence-electron chi connectivity index (χ0n) is 12.6. The van der Waals surface area contributed by atoms with Crippen molar-refractivity contribution in [3.63, 3.8) is 0 Å². The Balaban J connectivity index is 2.00. The zero-order valence-corrected chi connectivity index (χ0v) is 12.6. The van der Waals surface area contributed by atoms with Gasteiger partial charge in [-0.25, -0.2) is 0 Å². The molecule has 1 aliphatic rings. The largest absolute Gasteiger partial charge is 0.271 e. The van der Waals surface area contributed by atoms with Crippen LogP contribution in [0.3, 0.4) is 0 Å². The minimum Gasteiger partial charge on any atom is -0.271 e. The van der Waals surface area contributed by atoms with E-state index in [2.05, 4.69) is 44.4 Å². The molecule has 2 nitrogen and oxygen atoms in total. The van der Waals surface area contributed by atoms with Gasteiger partial charge in [0, 0.05) is 6.04 Å². The second kappa shape index (κ2) is 6.53. The summed E-state index contributed by atoms with van der Waals surface area (Å²) in [4.78, 5) is 0. The van der Waals surface area contributed by atoms with Gasteiger partial charge in [0.2, 0.25) is 0 Å². The van der Waals surface area contributed by atoms with E-state index in [1.54, 1.807) is 0 Å². The summed E-state index contributed by atoms with van der Waals surface area (Å²) in [6.07, 6.45) is 6.41. The van der Waals surface area contributed by atoms with Gasteiger partial charge in [0.1, 0.15) is 0 Å². The van der Waals surface area contributed by atoms with Gasteiger partial charge in [-0.3, -0.25) is 11.3 Å². The third-order valence-corrected chi connectivity index (χ3v) is 4.87. The molecule has 0 radical (unpaired) electrons. The van der Waals surface area contributed by atoms with Crippen molar-refractivity contribution in [2.24, 2.45) is 17.7 Å². The fraction of sp³-hybridized carbons (Fsp3) is 0.647. The summed E-state index contributed by atoms with van der Waals surface area (Å²) in [7, 11) is 0. The van der Waals surface area contributed by atoms with E-state index in [-0.39, 0.29) is 0 Å². The molecule has 106 valence electrons. The van der Waals surface area contributed by atoms with Crippen molar-refractivity contribution in [3.05, 3.63) is 34.9 Å². The number of aryl methyl sites for hydroxylation is 2. The van der Waals surface area contributed by atoms with Gasteiger partial charge in [-0.2, -0.15) is 0 Å². The third-order valence-electron chi connectivity index (χ3n) is 4.87. The van der Waals surface area contributed by atoms with Crippen LogP contribution in [0.1, 0.15) is 49.3 Å². The van der Waals surface area contributed by atoms with E-state index in [4.69, 9.17) is 5.84 Å². The van der Waals surface area contributed by atoms with E-state index in [0.29, 0.717) is 6.04 Å². The number of rotatable bonds is 4. The Bertz CT molecular complexity index is 406. The number of hydrogen-bond acceptors (Lipinski definition) is 2. The highest BCUT2D eigenvalue weighted by Crippen LogP contribution is 2.31. The number of nitrogens with two attached hydrogens (primary N) is 1. The summed E-state index contributed by atoms with van der Waals surface area (Å²) >= 11 is 0. The first-order valence-corrected chi connectivity index (χ1v) is 7.62. The molecule has 2 heteroatoms. The van der Waals surface area contributed by atoms with Gasteiger partial charge in [0.05, 0.1) is 0 Å². The molecule has 0 aromatic heterocycles. The lowest BCUT2D eigenvalue weighted by molar-refractivity contribution is 0.229. The number of benzene rings is 1.